The molecule has 1 fully saturated rings. The normalized spacial score (nSPS) is 17.5. The summed E-state index contributed by atoms with van der Waals surface area (Å²) in [6, 6.07) is 2.81. The van der Waals surface area contributed by atoms with E-state index in [-0.39, 0.29) is 11.3 Å². The van der Waals surface area contributed by atoms with E-state index in [9.17, 15) is 9.59 Å². The Morgan fingerprint density at radius 1 is 1.53 bits per heavy atom. The summed E-state index contributed by atoms with van der Waals surface area (Å²) in [6.07, 6.45) is 2.28. The van der Waals surface area contributed by atoms with Crippen molar-refractivity contribution in [2.24, 2.45) is 0 Å². The number of hydrogen-bond acceptors (Lipinski definition) is 3. The van der Waals surface area contributed by atoms with Crippen molar-refractivity contribution in [2.45, 2.75) is 38.6 Å². The van der Waals surface area contributed by atoms with Crippen LogP contribution < -0.4 is 5.56 Å². The van der Waals surface area contributed by atoms with Crippen LogP contribution in [0.5, 0.6) is 0 Å². The van der Waals surface area contributed by atoms with Gasteiger partial charge in [0.05, 0.1) is 5.69 Å². The molecule has 0 aliphatic heterocycles. The van der Waals surface area contributed by atoms with Crippen LogP contribution in [-0.2, 0) is 4.79 Å². The fourth-order valence-corrected chi connectivity index (χ4v) is 1.49. The molecule has 0 saturated heterocycles. The van der Waals surface area contributed by atoms with Crippen molar-refractivity contribution in [1.82, 2.24) is 9.78 Å². The summed E-state index contributed by atoms with van der Waals surface area (Å²) in [6.45, 7) is 3.18. The lowest BCUT2D eigenvalue weighted by molar-refractivity contribution is -0.120. The SMILES string of the molecule is CC(=O)C(C)n1nc(C2CC2)ccc1=O. The van der Waals surface area contributed by atoms with Gasteiger partial charge in [-0.15, -0.1) is 0 Å². The smallest absolute Gasteiger partial charge is 0.267 e. The summed E-state index contributed by atoms with van der Waals surface area (Å²) in [4.78, 5) is 22.7. The van der Waals surface area contributed by atoms with Crippen LogP contribution in [0.25, 0.3) is 0 Å². The minimum atomic E-state index is -0.462. The highest BCUT2D eigenvalue weighted by molar-refractivity contribution is 5.79. The van der Waals surface area contributed by atoms with Gasteiger partial charge in [0.15, 0.2) is 5.78 Å². The summed E-state index contributed by atoms with van der Waals surface area (Å²) in [7, 11) is 0. The fourth-order valence-electron chi connectivity index (χ4n) is 1.49. The highest BCUT2D eigenvalue weighted by Crippen LogP contribution is 2.38. The summed E-state index contributed by atoms with van der Waals surface area (Å²) < 4.78 is 1.29. The molecule has 80 valence electrons. The van der Waals surface area contributed by atoms with Gasteiger partial charge in [-0.2, -0.15) is 5.10 Å². The molecule has 4 heteroatoms. The van der Waals surface area contributed by atoms with E-state index in [0.29, 0.717) is 5.92 Å². The zero-order chi connectivity index (χ0) is 11.0. The molecule has 1 aromatic rings. The maximum atomic E-state index is 11.5. The lowest BCUT2D eigenvalue weighted by atomic mass is 10.2. The number of Topliss-reactive ketones (excluding diaryl/α,β-unsaturated/α-hetero) is 1. The topological polar surface area (TPSA) is 52.0 Å². The first-order valence-corrected chi connectivity index (χ1v) is 5.20. The molecule has 1 heterocycles. The largest absolute Gasteiger partial charge is 0.298 e. The highest BCUT2D eigenvalue weighted by Gasteiger charge is 2.26. The van der Waals surface area contributed by atoms with Crippen LogP contribution in [0.15, 0.2) is 16.9 Å². The van der Waals surface area contributed by atoms with E-state index in [1.807, 2.05) is 0 Å². The van der Waals surface area contributed by atoms with Crippen molar-refractivity contribution in [3.05, 3.63) is 28.2 Å². The van der Waals surface area contributed by atoms with Crippen molar-refractivity contribution >= 4 is 5.78 Å². The van der Waals surface area contributed by atoms with Crippen molar-refractivity contribution in [2.75, 3.05) is 0 Å². The van der Waals surface area contributed by atoms with Gasteiger partial charge in [0, 0.05) is 12.0 Å². The third-order valence-electron chi connectivity index (χ3n) is 2.80. The number of aromatic nitrogens is 2. The first-order valence-electron chi connectivity index (χ1n) is 5.20. The van der Waals surface area contributed by atoms with E-state index in [0.717, 1.165) is 18.5 Å². The lowest BCUT2D eigenvalue weighted by Crippen LogP contribution is -2.29. The predicted molar refractivity (Wildman–Crippen MR) is 55.9 cm³/mol. The number of carbonyl (C=O) groups excluding carboxylic acids is 1. The maximum absolute atomic E-state index is 11.5. The number of hydrogen-bond donors (Lipinski definition) is 0. The Hall–Kier alpha value is -1.45. The second kappa shape index (κ2) is 3.61. The molecule has 1 atom stereocenters. The van der Waals surface area contributed by atoms with Crippen LogP contribution in [0.4, 0.5) is 0 Å². The number of rotatable bonds is 3. The van der Waals surface area contributed by atoms with Crippen molar-refractivity contribution in [1.29, 1.82) is 0 Å². The zero-order valence-corrected chi connectivity index (χ0v) is 8.93. The minimum absolute atomic E-state index is 0.0439. The number of carbonyl (C=O) groups is 1. The Bertz CT molecular complexity index is 446. The molecule has 15 heavy (non-hydrogen) atoms. The van der Waals surface area contributed by atoms with Gasteiger partial charge in [-0.1, -0.05) is 0 Å². The zero-order valence-electron chi connectivity index (χ0n) is 8.93. The minimum Gasteiger partial charge on any atom is -0.298 e. The van der Waals surface area contributed by atoms with E-state index in [4.69, 9.17) is 0 Å². The van der Waals surface area contributed by atoms with Crippen molar-refractivity contribution in [3.8, 4) is 0 Å². The van der Waals surface area contributed by atoms with Gasteiger partial charge in [0.25, 0.3) is 5.56 Å². The summed E-state index contributed by atoms with van der Waals surface area (Å²) in [5, 5.41) is 4.24. The second-order valence-corrected chi connectivity index (χ2v) is 4.10. The van der Waals surface area contributed by atoms with Gasteiger partial charge in [0.2, 0.25) is 0 Å². The van der Waals surface area contributed by atoms with E-state index < -0.39 is 6.04 Å². The number of ketones is 1. The summed E-state index contributed by atoms with van der Waals surface area (Å²) in [5.41, 5.74) is 0.727. The van der Waals surface area contributed by atoms with Gasteiger partial charge in [-0.25, -0.2) is 4.68 Å². The van der Waals surface area contributed by atoms with E-state index in [1.54, 1.807) is 13.0 Å². The Balaban J connectivity index is 2.40. The Labute approximate surface area is 87.9 Å². The van der Waals surface area contributed by atoms with Crippen LogP contribution in [0, 0.1) is 0 Å². The van der Waals surface area contributed by atoms with Crippen molar-refractivity contribution in [3.63, 3.8) is 0 Å². The molecule has 0 aromatic carbocycles. The predicted octanol–water partition coefficient (Wildman–Crippen LogP) is 1.27. The first-order chi connectivity index (χ1) is 7.09. The average molecular weight is 206 g/mol. The molecule has 4 nitrogen and oxygen atoms in total. The fraction of sp³-hybridized carbons (Fsp3) is 0.545. The van der Waals surface area contributed by atoms with Crippen LogP contribution in [0.3, 0.4) is 0 Å². The van der Waals surface area contributed by atoms with Crippen LogP contribution >= 0.6 is 0 Å². The van der Waals surface area contributed by atoms with Gasteiger partial charge < -0.3 is 0 Å². The Kier molecular flexibility index (Phi) is 2.42. The molecule has 1 aliphatic rings. The monoisotopic (exact) mass is 206 g/mol. The molecular weight excluding hydrogens is 192 g/mol. The van der Waals surface area contributed by atoms with Crippen LogP contribution in [-0.4, -0.2) is 15.6 Å². The average Bonchev–Trinajstić information content (AvgIpc) is 3.01. The first kappa shape index (κ1) is 10.1. The number of nitrogens with zero attached hydrogens (tertiary/aromatic N) is 2. The molecule has 1 unspecified atom stereocenters. The summed E-state index contributed by atoms with van der Waals surface area (Å²) >= 11 is 0. The van der Waals surface area contributed by atoms with Gasteiger partial charge >= 0.3 is 0 Å². The molecule has 1 aliphatic carbocycles. The van der Waals surface area contributed by atoms with Crippen LogP contribution in [0.2, 0.25) is 0 Å². The highest BCUT2D eigenvalue weighted by atomic mass is 16.1. The molecule has 1 aromatic heterocycles. The molecule has 0 radical (unpaired) electrons. The third kappa shape index (κ3) is 1.98. The molecule has 1 saturated carbocycles. The molecular formula is C11H14N2O2. The maximum Gasteiger partial charge on any atom is 0.267 e. The van der Waals surface area contributed by atoms with Gasteiger partial charge in [0.1, 0.15) is 6.04 Å². The van der Waals surface area contributed by atoms with E-state index in [1.165, 1.54) is 17.7 Å². The lowest BCUT2D eigenvalue weighted by Gasteiger charge is -2.11. The van der Waals surface area contributed by atoms with Crippen molar-refractivity contribution < 1.29 is 4.79 Å². The molecule has 0 N–H and O–H groups in total. The molecule has 2 rings (SSSR count). The molecule has 0 bridgehead atoms. The van der Waals surface area contributed by atoms with E-state index in [2.05, 4.69) is 5.10 Å². The van der Waals surface area contributed by atoms with Crippen LogP contribution in [0.1, 0.15) is 44.3 Å². The third-order valence-corrected chi connectivity index (χ3v) is 2.80. The Morgan fingerprint density at radius 2 is 2.20 bits per heavy atom. The standard InChI is InChI=1S/C11H14N2O2/c1-7(8(2)14)13-11(15)6-5-10(12-13)9-3-4-9/h5-7,9H,3-4H2,1-2H3. The Morgan fingerprint density at radius 3 is 2.73 bits per heavy atom. The molecule has 0 spiro atoms. The van der Waals surface area contributed by atoms with Gasteiger partial charge in [-0.05, 0) is 32.8 Å². The van der Waals surface area contributed by atoms with E-state index >= 15 is 0 Å². The summed E-state index contributed by atoms with van der Waals surface area (Å²) in [5.74, 6) is 0.452. The molecule has 0 amide bonds. The van der Waals surface area contributed by atoms with Gasteiger partial charge in [-0.3, -0.25) is 9.59 Å². The second-order valence-electron chi connectivity index (χ2n) is 4.10. The quantitative estimate of drug-likeness (QED) is 0.748.